The molecule has 5 rings (SSSR count). The molecule has 0 radical (unpaired) electrons. The van der Waals surface area contributed by atoms with Crippen LogP contribution in [0.15, 0.2) is 47.4 Å². The van der Waals surface area contributed by atoms with Crippen molar-refractivity contribution in [1.82, 2.24) is 14.9 Å². The van der Waals surface area contributed by atoms with Crippen LogP contribution in [0.5, 0.6) is 0 Å². The van der Waals surface area contributed by atoms with Crippen LogP contribution in [-0.2, 0) is 19.5 Å². The summed E-state index contributed by atoms with van der Waals surface area (Å²) in [6.45, 7) is 5.63. The van der Waals surface area contributed by atoms with Crippen LogP contribution < -0.4 is 9.62 Å². The van der Waals surface area contributed by atoms with Crippen LogP contribution >= 0.6 is 0 Å². The molecular formula is C24H28N4O4S. The zero-order valence-electron chi connectivity index (χ0n) is 18.7. The minimum absolute atomic E-state index is 0.0641. The third-order valence-electron chi connectivity index (χ3n) is 6.25. The molecule has 0 spiro atoms. The Labute approximate surface area is 194 Å². The van der Waals surface area contributed by atoms with Gasteiger partial charge in [-0.3, -0.25) is 0 Å². The molecule has 2 aliphatic rings. The van der Waals surface area contributed by atoms with E-state index in [2.05, 4.69) is 19.8 Å². The number of hydrogen-bond donors (Lipinski definition) is 1. The van der Waals surface area contributed by atoms with Gasteiger partial charge in [0.1, 0.15) is 5.69 Å². The van der Waals surface area contributed by atoms with Gasteiger partial charge in [-0.05, 0) is 31.4 Å². The Morgan fingerprint density at radius 1 is 1.06 bits per heavy atom. The number of nitrogens with zero attached hydrogens (tertiary/aromatic N) is 3. The number of benzene rings is 2. The topological polar surface area (TPSA) is 93.7 Å². The quantitative estimate of drug-likeness (QED) is 0.595. The highest BCUT2D eigenvalue weighted by Gasteiger charge is 2.23. The van der Waals surface area contributed by atoms with Crippen molar-refractivity contribution in [1.29, 1.82) is 0 Å². The number of morpholine rings is 1. The lowest BCUT2D eigenvalue weighted by Crippen LogP contribution is -2.37. The summed E-state index contributed by atoms with van der Waals surface area (Å²) in [5, 5.41) is 11.0. The van der Waals surface area contributed by atoms with Crippen molar-refractivity contribution >= 4 is 26.6 Å². The molecule has 8 nitrogen and oxygen atoms in total. The van der Waals surface area contributed by atoms with Crippen molar-refractivity contribution in [3.63, 3.8) is 0 Å². The zero-order valence-corrected chi connectivity index (χ0v) is 19.5. The Balaban J connectivity index is 1.51. The van der Waals surface area contributed by atoms with E-state index in [-0.39, 0.29) is 17.5 Å². The van der Waals surface area contributed by atoms with Crippen molar-refractivity contribution in [3.05, 3.63) is 48.0 Å². The summed E-state index contributed by atoms with van der Waals surface area (Å²) in [4.78, 5) is 2.43. The van der Waals surface area contributed by atoms with Gasteiger partial charge in [0.25, 0.3) is 0 Å². The molecule has 2 aromatic carbocycles. The van der Waals surface area contributed by atoms with Gasteiger partial charge in [0.2, 0.25) is 10.0 Å². The minimum Gasteiger partial charge on any atom is -0.378 e. The van der Waals surface area contributed by atoms with Crippen LogP contribution in [0.3, 0.4) is 0 Å². The van der Waals surface area contributed by atoms with Crippen molar-refractivity contribution in [3.8, 4) is 11.3 Å². The number of ether oxygens (including phenoxy) is 2. The number of aromatic nitrogens is 2. The highest BCUT2D eigenvalue weighted by Crippen LogP contribution is 2.33. The molecule has 0 bridgehead atoms. The van der Waals surface area contributed by atoms with Gasteiger partial charge in [-0.15, -0.1) is 10.2 Å². The number of nitrogens with one attached hydrogen (secondary N) is 1. The number of anilines is 1. The number of hydrogen-bond acceptors (Lipinski definition) is 7. The van der Waals surface area contributed by atoms with E-state index in [1.165, 1.54) is 0 Å². The van der Waals surface area contributed by atoms with Gasteiger partial charge >= 0.3 is 0 Å². The fourth-order valence-corrected chi connectivity index (χ4v) is 5.77. The summed E-state index contributed by atoms with van der Waals surface area (Å²) in [7, 11) is -3.69. The third kappa shape index (κ3) is 4.59. The van der Waals surface area contributed by atoms with Crippen molar-refractivity contribution < 1.29 is 17.9 Å². The highest BCUT2D eigenvalue weighted by molar-refractivity contribution is 7.89. The normalized spacial score (nSPS) is 19.3. The van der Waals surface area contributed by atoms with Gasteiger partial charge in [0, 0.05) is 42.6 Å². The number of rotatable bonds is 6. The summed E-state index contributed by atoms with van der Waals surface area (Å²) in [6.07, 6.45) is 1.77. The second-order valence-electron chi connectivity index (χ2n) is 8.48. The second-order valence-corrected chi connectivity index (χ2v) is 10.2. The van der Waals surface area contributed by atoms with E-state index in [1.807, 2.05) is 36.4 Å². The molecule has 9 heteroatoms. The molecule has 1 atom stereocenters. The molecule has 0 aliphatic carbocycles. The Morgan fingerprint density at radius 2 is 1.85 bits per heavy atom. The Hall–Kier alpha value is -2.59. The molecule has 3 heterocycles. The van der Waals surface area contributed by atoms with Crippen LogP contribution in [-0.4, -0.2) is 64.2 Å². The first-order chi connectivity index (χ1) is 16.0. The molecule has 0 saturated carbocycles. The molecule has 2 saturated heterocycles. The predicted molar refractivity (Wildman–Crippen MR) is 127 cm³/mol. The molecule has 2 fully saturated rings. The smallest absolute Gasteiger partial charge is 0.240 e. The first kappa shape index (κ1) is 22.2. The van der Waals surface area contributed by atoms with Crippen molar-refractivity contribution in [2.75, 3.05) is 44.4 Å². The maximum Gasteiger partial charge on any atom is 0.240 e. The molecule has 0 unspecified atom stereocenters. The van der Waals surface area contributed by atoms with Gasteiger partial charge < -0.3 is 14.4 Å². The van der Waals surface area contributed by atoms with E-state index in [1.54, 1.807) is 13.0 Å². The second kappa shape index (κ2) is 9.34. The fraction of sp³-hybridized carbons (Fsp3) is 0.417. The SMILES string of the molecule is Cc1ccc(-c2nnc(N3CCOCC3)c3ccccc23)cc1S(=O)(=O)NC[C@@H]1CCCO1. The van der Waals surface area contributed by atoms with E-state index in [9.17, 15) is 8.42 Å². The molecule has 0 amide bonds. The van der Waals surface area contributed by atoms with E-state index in [0.717, 1.165) is 48.1 Å². The lowest BCUT2D eigenvalue weighted by Gasteiger charge is -2.28. The van der Waals surface area contributed by atoms with E-state index < -0.39 is 10.0 Å². The number of fused-ring (bicyclic) bond motifs is 1. The molecule has 3 aromatic rings. The third-order valence-corrected chi connectivity index (χ3v) is 7.82. The standard InChI is InChI=1S/C24H28N4O4S/c1-17-8-9-18(15-22(17)33(29,30)25-16-19-5-4-12-32-19)23-20-6-2-3-7-21(20)24(27-26-23)28-10-13-31-14-11-28/h2-3,6-9,15,19,25H,4-5,10-14,16H2,1H3/t19-/m0/s1. The van der Waals surface area contributed by atoms with Gasteiger partial charge in [-0.2, -0.15) is 0 Å². The van der Waals surface area contributed by atoms with Crippen LogP contribution in [0, 0.1) is 6.92 Å². The van der Waals surface area contributed by atoms with Crippen LogP contribution in [0.2, 0.25) is 0 Å². The number of aryl methyl sites for hydroxylation is 1. The first-order valence-electron chi connectivity index (χ1n) is 11.3. The first-order valence-corrected chi connectivity index (χ1v) is 12.8. The van der Waals surface area contributed by atoms with Crippen molar-refractivity contribution in [2.24, 2.45) is 0 Å². The van der Waals surface area contributed by atoms with Gasteiger partial charge in [-0.1, -0.05) is 36.4 Å². The Kier molecular flexibility index (Phi) is 6.29. The average Bonchev–Trinajstić information content (AvgIpc) is 3.37. The summed E-state index contributed by atoms with van der Waals surface area (Å²) >= 11 is 0. The lowest BCUT2D eigenvalue weighted by atomic mass is 10.0. The van der Waals surface area contributed by atoms with E-state index in [0.29, 0.717) is 31.1 Å². The zero-order chi connectivity index (χ0) is 22.8. The fourth-order valence-electron chi connectivity index (χ4n) is 4.43. The highest BCUT2D eigenvalue weighted by atomic mass is 32.2. The predicted octanol–water partition coefficient (Wildman–Crippen LogP) is 2.90. The van der Waals surface area contributed by atoms with Gasteiger partial charge in [-0.25, -0.2) is 13.1 Å². The van der Waals surface area contributed by atoms with Gasteiger partial charge in [0.15, 0.2) is 5.82 Å². The molecule has 33 heavy (non-hydrogen) atoms. The summed E-state index contributed by atoms with van der Waals surface area (Å²) in [5.41, 5.74) is 2.06. The van der Waals surface area contributed by atoms with Crippen molar-refractivity contribution in [2.45, 2.75) is 30.8 Å². The summed E-state index contributed by atoms with van der Waals surface area (Å²) in [5.74, 6) is 0.829. The summed E-state index contributed by atoms with van der Waals surface area (Å²) in [6, 6.07) is 13.4. The van der Waals surface area contributed by atoms with Crippen LogP contribution in [0.1, 0.15) is 18.4 Å². The molecule has 1 N–H and O–H groups in total. The maximum absolute atomic E-state index is 13.1. The van der Waals surface area contributed by atoms with E-state index >= 15 is 0 Å². The van der Waals surface area contributed by atoms with Crippen LogP contribution in [0.4, 0.5) is 5.82 Å². The largest absolute Gasteiger partial charge is 0.378 e. The Bertz CT molecular complexity index is 1250. The lowest BCUT2D eigenvalue weighted by molar-refractivity contribution is 0.114. The van der Waals surface area contributed by atoms with Gasteiger partial charge in [0.05, 0.1) is 24.2 Å². The molecular weight excluding hydrogens is 440 g/mol. The number of sulfonamides is 1. The Morgan fingerprint density at radius 3 is 2.61 bits per heavy atom. The molecule has 2 aliphatic heterocycles. The maximum atomic E-state index is 13.1. The minimum atomic E-state index is -3.69. The monoisotopic (exact) mass is 468 g/mol. The molecule has 1 aromatic heterocycles. The van der Waals surface area contributed by atoms with E-state index in [4.69, 9.17) is 9.47 Å². The van der Waals surface area contributed by atoms with Crippen LogP contribution in [0.25, 0.3) is 22.0 Å². The summed E-state index contributed by atoms with van der Waals surface area (Å²) < 4.78 is 39.9. The average molecular weight is 469 g/mol. The molecule has 174 valence electrons.